The number of fused-ring (bicyclic) bond motifs is 1. The first-order valence-corrected chi connectivity index (χ1v) is 6.23. The lowest BCUT2D eigenvalue weighted by atomic mass is 9.98. The zero-order valence-electron chi connectivity index (χ0n) is 10.5. The molecule has 0 saturated carbocycles. The molecule has 0 amide bonds. The number of nitrogens with two attached hydrogens (primary N) is 1. The van der Waals surface area contributed by atoms with Gasteiger partial charge in [-0.25, -0.2) is 0 Å². The van der Waals surface area contributed by atoms with E-state index in [1.165, 1.54) is 11.1 Å². The monoisotopic (exact) mass is 243 g/mol. The van der Waals surface area contributed by atoms with Crippen LogP contribution in [0.25, 0.3) is 0 Å². The van der Waals surface area contributed by atoms with Crippen molar-refractivity contribution >= 4 is 5.69 Å². The van der Waals surface area contributed by atoms with Crippen molar-refractivity contribution in [3.05, 3.63) is 46.8 Å². The molecule has 0 bridgehead atoms. The first-order valence-electron chi connectivity index (χ1n) is 6.23. The van der Waals surface area contributed by atoms with Crippen LogP contribution in [-0.4, -0.2) is 16.6 Å². The third-order valence-electron chi connectivity index (χ3n) is 3.44. The Balaban J connectivity index is 1.75. The summed E-state index contributed by atoms with van der Waals surface area (Å²) >= 11 is 0. The molecule has 1 aromatic carbocycles. The Labute approximate surface area is 106 Å². The van der Waals surface area contributed by atoms with E-state index >= 15 is 0 Å². The van der Waals surface area contributed by atoms with Crippen LogP contribution in [0.3, 0.4) is 0 Å². The molecular weight excluding hydrogens is 226 g/mol. The van der Waals surface area contributed by atoms with Gasteiger partial charge in [-0.15, -0.1) is 0 Å². The van der Waals surface area contributed by atoms with E-state index in [9.17, 15) is 0 Å². The third kappa shape index (κ3) is 2.11. The Kier molecular flexibility index (Phi) is 2.80. The molecule has 1 aliphatic rings. The van der Waals surface area contributed by atoms with Gasteiger partial charge >= 0.3 is 0 Å². The molecule has 94 valence electrons. The SMILES string of the molecule is Cc1cc(CN2CCc3c(N)cccc3C2)no1. The average Bonchev–Trinajstić information content (AvgIpc) is 2.75. The second-order valence-electron chi connectivity index (χ2n) is 4.87. The Morgan fingerprint density at radius 2 is 2.33 bits per heavy atom. The number of anilines is 1. The predicted octanol–water partition coefficient (Wildman–Crippen LogP) is 2.12. The minimum atomic E-state index is 0.839. The van der Waals surface area contributed by atoms with Crippen LogP contribution in [0.15, 0.2) is 28.8 Å². The second-order valence-corrected chi connectivity index (χ2v) is 4.87. The third-order valence-corrected chi connectivity index (χ3v) is 3.44. The molecule has 0 spiro atoms. The molecule has 0 radical (unpaired) electrons. The van der Waals surface area contributed by atoms with Gasteiger partial charge in [-0.1, -0.05) is 17.3 Å². The van der Waals surface area contributed by atoms with E-state index in [-0.39, 0.29) is 0 Å². The number of aryl methyl sites for hydroxylation is 1. The Hall–Kier alpha value is -1.81. The number of nitrogens with zero attached hydrogens (tertiary/aromatic N) is 2. The summed E-state index contributed by atoms with van der Waals surface area (Å²) in [4.78, 5) is 2.37. The topological polar surface area (TPSA) is 55.3 Å². The summed E-state index contributed by atoms with van der Waals surface area (Å²) in [5, 5.41) is 4.04. The molecular formula is C14H17N3O. The lowest BCUT2D eigenvalue weighted by Gasteiger charge is -2.28. The standard InChI is InChI=1S/C14H17N3O/c1-10-7-12(16-18-10)9-17-6-5-13-11(8-17)3-2-4-14(13)15/h2-4,7H,5-6,8-9,15H2,1H3. The summed E-state index contributed by atoms with van der Waals surface area (Å²) in [7, 11) is 0. The van der Waals surface area contributed by atoms with Gasteiger partial charge in [-0.05, 0) is 30.5 Å². The molecule has 0 aliphatic carbocycles. The summed E-state index contributed by atoms with van der Waals surface area (Å²) in [6, 6.07) is 8.16. The number of benzene rings is 1. The Morgan fingerprint density at radius 1 is 1.44 bits per heavy atom. The normalized spacial score (nSPS) is 15.6. The molecule has 3 rings (SSSR count). The molecule has 4 heteroatoms. The molecule has 1 aromatic heterocycles. The molecule has 4 nitrogen and oxygen atoms in total. The summed E-state index contributed by atoms with van der Waals surface area (Å²) in [5.41, 5.74) is 10.6. The van der Waals surface area contributed by atoms with E-state index in [1.54, 1.807) is 0 Å². The van der Waals surface area contributed by atoms with E-state index in [4.69, 9.17) is 10.3 Å². The first kappa shape index (κ1) is 11.3. The number of hydrogen-bond acceptors (Lipinski definition) is 4. The zero-order chi connectivity index (χ0) is 12.5. The number of aromatic nitrogens is 1. The van der Waals surface area contributed by atoms with E-state index < -0.39 is 0 Å². The van der Waals surface area contributed by atoms with E-state index in [1.807, 2.05) is 25.1 Å². The van der Waals surface area contributed by atoms with Crippen molar-refractivity contribution in [1.29, 1.82) is 0 Å². The molecule has 0 saturated heterocycles. The number of nitrogen functional groups attached to an aromatic ring is 1. The van der Waals surface area contributed by atoms with Crippen molar-refractivity contribution in [3.63, 3.8) is 0 Å². The highest BCUT2D eigenvalue weighted by Gasteiger charge is 2.18. The van der Waals surface area contributed by atoms with Crippen LogP contribution in [-0.2, 0) is 19.5 Å². The zero-order valence-corrected chi connectivity index (χ0v) is 10.5. The van der Waals surface area contributed by atoms with E-state index in [2.05, 4.69) is 16.1 Å². The van der Waals surface area contributed by atoms with Crippen molar-refractivity contribution in [1.82, 2.24) is 10.1 Å². The van der Waals surface area contributed by atoms with Crippen LogP contribution in [0.1, 0.15) is 22.6 Å². The summed E-state index contributed by atoms with van der Waals surface area (Å²) in [6.45, 7) is 4.72. The predicted molar refractivity (Wildman–Crippen MR) is 69.9 cm³/mol. The minimum absolute atomic E-state index is 0.839. The smallest absolute Gasteiger partial charge is 0.133 e. The number of hydrogen-bond donors (Lipinski definition) is 1. The highest BCUT2D eigenvalue weighted by molar-refractivity contribution is 5.51. The Morgan fingerprint density at radius 3 is 3.11 bits per heavy atom. The molecule has 2 aromatic rings. The average molecular weight is 243 g/mol. The highest BCUT2D eigenvalue weighted by Crippen LogP contribution is 2.24. The fourth-order valence-corrected chi connectivity index (χ4v) is 2.55. The molecule has 2 heterocycles. The summed E-state index contributed by atoms with van der Waals surface area (Å²) in [5.74, 6) is 0.867. The highest BCUT2D eigenvalue weighted by atomic mass is 16.5. The van der Waals surface area contributed by atoms with Gasteiger partial charge in [0, 0.05) is 31.4 Å². The van der Waals surface area contributed by atoms with Crippen molar-refractivity contribution in [2.45, 2.75) is 26.4 Å². The molecule has 2 N–H and O–H groups in total. The maximum Gasteiger partial charge on any atom is 0.133 e. The van der Waals surface area contributed by atoms with Gasteiger partial charge in [-0.3, -0.25) is 4.90 Å². The van der Waals surface area contributed by atoms with Crippen LogP contribution >= 0.6 is 0 Å². The van der Waals surface area contributed by atoms with Gasteiger partial charge in [0.25, 0.3) is 0 Å². The largest absolute Gasteiger partial charge is 0.398 e. The molecule has 1 aliphatic heterocycles. The lowest BCUT2D eigenvalue weighted by molar-refractivity contribution is 0.237. The van der Waals surface area contributed by atoms with Crippen molar-refractivity contribution in [2.24, 2.45) is 0 Å². The van der Waals surface area contributed by atoms with Crippen LogP contribution in [0, 0.1) is 6.92 Å². The minimum Gasteiger partial charge on any atom is -0.398 e. The Bertz CT molecular complexity index is 562. The van der Waals surface area contributed by atoms with Crippen LogP contribution < -0.4 is 5.73 Å². The summed E-state index contributed by atoms with van der Waals surface area (Å²) in [6.07, 6.45) is 1.01. The van der Waals surface area contributed by atoms with Crippen LogP contribution in [0.5, 0.6) is 0 Å². The second kappa shape index (κ2) is 4.46. The van der Waals surface area contributed by atoms with Crippen molar-refractivity contribution < 1.29 is 4.52 Å². The fraction of sp³-hybridized carbons (Fsp3) is 0.357. The van der Waals surface area contributed by atoms with E-state index in [0.717, 1.165) is 43.2 Å². The quantitative estimate of drug-likeness (QED) is 0.821. The maximum absolute atomic E-state index is 6.00. The van der Waals surface area contributed by atoms with Gasteiger partial charge < -0.3 is 10.3 Å². The van der Waals surface area contributed by atoms with Gasteiger partial charge in [0.1, 0.15) is 5.76 Å². The summed E-state index contributed by atoms with van der Waals surface area (Å²) < 4.78 is 5.10. The van der Waals surface area contributed by atoms with Gasteiger partial charge in [0.2, 0.25) is 0 Å². The maximum atomic E-state index is 6.00. The lowest BCUT2D eigenvalue weighted by Crippen LogP contribution is -2.30. The molecule has 0 unspecified atom stereocenters. The van der Waals surface area contributed by atoms with Crippen LogP contribution in [0.4, 0.5) is 5.69 Å². The fourth-order valence-electron chi connectivity index (χ4n) is 2.55. The molecule has 18 heavy (non-hydrogen) atoms. The number of rotatable bonds is 2. The van der Waals surface area contributed by atoms with Crippen LogP contribution in [0.2, 0.25) is 0 Å². The van der Waals surface area contributed by atoms with E-state index in [0.29, 0.717) is 0 Å². The van der Waals surface area contributed by atoms with Gasteiger partial charge in [0.15, 0.2) is 0 Å². The van der Waals surface area contributed by atoms with Crippen molar-refractivity contribution in [2.75, 3.05) is 12.3 Å². The molecule has 0 fully saturated rings. The van der Waals surface area contributed by atoms with Gasteiger partial charge in [0.05, 0.1) is 5.69 Å². The first-order chi connectivity index (χ1) is 8.72. The van der Waals surface area contributed by atoms with Crippen molar-refractivity contribution in [3.8, 4) is 0 Å². The van der Waals surface area contributed by atoms with Gasteiger partial charge in [-0.2, -0.15) is 0 Å². The molecule has 0 atom stereocenters.